The average molecular weight is 298 g/mol. The minimum atomic E-state index is 0.334. The van der Waals surface area contributed by atoms with Crippen molar-refractivity contribution in [1.82, 2.24) is 0 Å². The zero-order valence-electron chi connectivity index (χ0n) is 11.6. The molecule has 106 valence electrons. The lowest BCUT2D eigenvalue weighted by atomic mass is 9.87. The lowest BCUT2D eigenvalue weighted by molar-refractivity contribution is 0.171. The van der Waals surface area contributed by atoms with E-state index in [1.54, 1.807) is 0 Å². The summed E-state index contributed by atoms with van der Waals surface area (Å²) in [6, 6.07) is 6.22. The molecule has 0 aromatic heterocycles. The highest BCUT2D eigenvalue weighted by Crippen LogP contribution is 2.38. The van der Waals surface area contributed by atoms with Crippen molar-refractivity contribution >= 4 is 24.4 Å². The number of hydrogen-bond acceptors (Lipinski definition) is 4. The average Bonchev–Trinajstić information content (AvgIpc) is 2.49. The second kappa shape index (κ2) is 6.80. The first-order valence-electron chi connectivity index (χ1n) is 6.86. The molecule has 2 nitrogen and oxygen atoms in total. The van der Waals surface area contributed by atoms with Gasteiger partial charge < -0.3 is 9.47 Å². The molecule has 1 aromatic carbocycles. The van der Waals surface area contributed by atoms with E-state index in [1.165, 1.54) is 17.7 Å². The monoisotopic (exact) mass is 298 g/mol. The van der Waals surface area contributed by atoms with Crippen molar-refractivity contribution in [3.05, 3.63) is 18.2 Å². The number of thioether (sulfide) groups is 1. The highest BCUT2D eigenvalue weighted by atomic mass is 32.2. The van der Waals surface area contributed by atoms with Crippen LogP contribution in [0.4, 0.5) is 0 Å². The maximum absolute atomic E-state index is 5.62. The van der Waals surface area contributed by atoms with E-state index < -0.39 is 0 Å². The quantitative estimate of drug-likeness (QED) is 0.624. The molecule has 0 unspecified atom stereocenters. The molecule has 0 atom stereocenters. The molecule has 0 bridgehead atoms. The summed E-state index contributed by atoms with van der Waals surface area (Å²) in [6.07, 6.45) is 2.34. The standard InChI is InChI=1S/C15H22O2S2/c1-3-15(4-2,10-18)11-19-12-5-6-13-14(9-12)17-8-7-16-13/h5-6,9,18H,3-4,7-8,10-11H2,1-2H3. The highest BCUT2D eigenvalue weighted by Gasteiger charge is 2.24. The van der Waals surface area contributed by atoms with Gasteiger partial charge in [-0.05, 0) is 42.2 Å². The third-order valence-electron chi connectivity index (χ3n) is 3.89. The number of thiol groups is 1. The zero-order chi connectivity index (χ0) is 13.7. The third kappa shape index (κ3) is 3.54. The molecule has 0 fully saturated rings. The van der Waals surface area contributed by atoms with Crippen LogP contribution in [0.5, 0.6) is 11.5 Å². The summed E-state index contributed by atoms with van der Waals surface area (Å²) in [5.41, 5.74) is 0.334. The first-order chi connectivity index (χ1) is 9.23. The van der Waals surface area contributed by atoms with Gasteiger partial charge in [0.15, 0.2) is 11.5 Å². The Hall–Kier alpha value is -0.480. The minimum absolute atomic E-state index is 0.334. The summed E-state index contributed by atoms with van der Waals surface area (Å²) in [4.78, 5) is 1.25. The number of rotatable bonds is 6. The van der Waals surface area contributed by atoms with E-state index in [4.69, 9.17) is 9.47 Å². The van der Waals surface area contributed by atoms with Gasteiger partial charge in [0.05, 0.1) is 0 Å². The minimum Gasteiger partial charge on any atom is -0.486 e. The molecule has 0 N–H and O–H groups in total. The first-order valence-corrected chi connectivity index (χ1v) is 8.48. The van der Waals surface area contributed by atoms with Gasteiger partial charge in [0.25, 0.3) is 0 Å². The van der Waals surface area contributed by atoms with Crippen LogP contribution in [0.1, 0.15) is 26.7 Å². The molecule has 1 aliphatic rings. The van der Waals surface area contributed by atoms with Gasteiger partial charge in [-0.2, -0.15) is 12.6 Å². The molecule has 4 heteroatoms. The summed E-state index contributed by atoms with van der Waals surface area (Å²) in [7, 11) is 0. The maximum atomic E-state index is 5.62. The van der Waals surface area contributed by atoms with Gasteiger partial charge in [-0.25, -0.2) is 0 Å². The summed E-state index contributed by atoms with van der Waals surface area (Å²) < 4.78 is 11.2. The van der Waals surface area contributed by atoms with E-state index >= 15 is 0 Å². The molecule has 0 saturated heterocycles. The number of ether oxygens (including phenoxy) is 2. The second-order valence-corrected chi connectivity index (χ2v) is 6.32. The number of hydrogen-bond donors (Lipinski definition) is 1. The third-order valence-corrected chi connectivity index (χ3v) is 5.91. The fraction of sp³-hybridized carbons (Fsp3) is 0.600. The Morgan fingerprint density at radius 3 is 2.47 bits per heavy atom. The zero-order valence-corrected chi connectivity index (χ0v) is 13.4. The van der Waals surface area contributed by atoms with Crippen LogP contribution in [0.2, 0.25) is 0 Å². The maximum Gasteiger partial charge on any atom is 0.162 e. The summed E-state index contributed by atoms with van der Waals surface area (Å²) >= 11 is 6.42. The van der Waals surface area contributed by atoms with Gasteiger partial charge >= 0.3 is 0 Å². The summed E-state index contributed by atoms with van der Waals surface area (Å²) in [6.45, 7) is 5.80. The van der Waals surface area contributed by atoms with Crippen LogP contribution in [0.15, 0.2) is 23.1 Å². The highest BCUT2D eigenvalue weighted by molar-refractivity contribution is 7.99. The molecular weight excluding hydrogens is 276 g/mol. The van der Waals surface area contributed by atoms with Crippen LogP contribution in [-0.2, 0) is 0 Å². The van der Waals surface area contributed by atoms with Crippen molar-refractivity contribution in [2.24, 2.45) is 5.41 Å². The second-order valence-electron chi connectivity index (χ2n) is 4.96. The van der Waals surface area contributed by atoms with Crippen LogP contribution >= 0.6 is 24.4 Å². The van der Waals surface area contributed by atoms with Gasteiger partial charge in [-0.3, -0.25) is 0 Å². The van der Waals surface area contributed by atoms with E-state index in [1.807, 2.05) is 17.8 Å². The summed E-state index contributed by atoms with van der Waals surface area (Å²) in [5.74, 6) is 3.78. The van der Waals surface area contributed by atoms with Crippen molar-refractivity contribution in [2.45, 2.75) is 31.6 Å². The van der Waals surface area contributed by atoms with Gasteiger partial charge in [0.1, 0.15) is 13.2 Å². The fourth-order valence-electron chi connectivity index (χ4n) is 2.07. The van der Waals surface area contributed by atoms with Crippen molar-refractivity contribution in [3.63, 3.8) is 0 Å². The number of fused-ring (bicyclic) bond motifs is 1. The Bertz CT molecular complexity index is 408. The van der Waals surface area contributed by atoms with Crippen LogP contribution in [-0.4, -0.2) is 24.7 Å². The Morgan fingerprint density at radius 2 is 1.84 bits per heavy atom. The Labute approximate surface area is 125 Å². The SMILES string of the molecule is CCC(CC)(CS)CSc1ccc2c(c1)OCCO2. The van der Waals surface area contributed by atoms with Crippen LogP contribution in [0.25, 0.3) is 0 Å². The van der Waals surface area contributed by atoms with Gasteiger partial charge in [0, 0.05) is 10.6 Å². The molecule has 0 amide bonds. The molecule has 2 rings (SSSR count). The van der Waals surface area contributed by atoms with E-state index in [0.29, 0.717) is 18.6 Å². The largest absolute Gasteiger partial charge is 0.486 e. The molecule has 0 saturated carbocycles. The molecule has 19 heavy (non-hydrogen) atoms. The Balaban J connectivity index is 2.03. The van der Waals surface area contributed by atoms with Gasteiger partial charge in [0.2, 0.25) is 0 Å². The molecule has 0 aliphatic carbocycles. The lowest BCUT2D eigenvalue weighted by Crippen LogP contribution is -2.24. The van der Waals surface area contributed by atoms with E-state index in [-0.39, 0.29) is 0 Å². The molecular formula is C15H22O2S2. The molecule has 1 aromatic rings. The van der Waals surface area contributed by atoms with Crippen molar-refractivity contribution in [2.75, 3.05) is 24.7 Å². The topological polar surface area (TPSA) is 18.5 Å². The molecule has 0 spiro atoms. The van der Waals surface area contributed by atoms with E-state index in [9.17, 15) is 0 Å². The molecule has 0 radical (unpaired) electrons. The molecule has 1 aliphatic heterocycles. The predicted molar refractivity (Wildman–Crippen MR) is 85.0 cm³/mol. The van der Waals surface area contributed by atoms with Gasteiger partial charge in [-0.15, -0.1) is 11.8 Å². The Kier molecular flexibility index (Phi) is 5.34. The fourth-order valence-corrected chi connectivity index (χ4v) is 4.12. The van der Waals surface area contributed by atoms with E-state index in [2.05, 4.69) is 38.6 Å². The number of benzene rings is 1. The van der Waals surface area contributed by atoms with Crippen molar-refractivity contribution in [3.8, 4) is 11.5 Å². The van der Waals surface area contributed by atoms with Crippen molar-refractivity contribution < 1.29 is 9.47 Å². The predicted octanol–water partition coefficient (Wildman–Crippen LogP) is 4.29. The van der Waals surface area contributed by atoms with Crippen molar-refractivity contribution in [1.29, 1.82) is 0 Å². The Morgan fingerprint density at radius 1 is 1.16 bits per heavy atom. The first kappa shape index (κ1) is 14.9. The normalized spacial score (nSPS) is 14.5. The smallest absolute Gasteiger partial charge is 0.162 e. The summed E-state index contributed by atoms with van der Waals surface area (Å²) in [5, 5.41) is 0. The van der Waals surface area contributed by atoms with Crippen LogP contribution in [0, 0.1) is 5.41 Å². The lowest BCUT2D eigenvalue weighted by Gasteiger charge is -2.29. The van der Waals surface area contributed by atoms with Gasteiger partial charge in [-0.1, -0.05) is 13.8 Å². The van der Waals surface area contributed by atoms with E-state index in [0.717, 1.165) is 23.0 Å². The van der Waals surface area contributed by atoms with Crippen LogP contribution < -0.4 is 9.47 Å². The van der Waals surface area contributed by atoms with Crippen LogP contribution in [0.3, 0.4) is 0 Å². The molecule has 1 heterocycles.